The van der Waals surface area contributed by atoms with E-state index in [4.69, 9.17) is 0 Å². The largest absolute Gasteiger partial charge is 0.300 e. The lowest BCUT2D eigenvalue weighted by Gasteiger charge is -1.71. The Kier molecular flexibility index (Phi) is 29.3. The van der Waals surface area contributed by atoms with Crippen LogP contribution in [0.2, 0.25) is 0 Å². The van der Waals surface area contributed by atoms with Crippen molar-refractivity contribution in [2.24, 2.45) is 0 Å². The number of Topliss-reactive ketones (excluding diaryl/α,β-unsaturated/α-hetero) is 4. The highest BCUT2D eigenvalue weighted by atomic mass is 16.1. The van der Waals surface area contributed by atoms with Gasteiger partial charge in [-0.1, -0.05) is 6.92 Å². The number of rotatable bonds is 1. The highest BCUT2D eigenvalue weighted by Gasteiger charge is 1.76. The number of hydrogen-bond donors (Lipinski definition) is 0. The minimum absolute atomic E-state index is 0.167. The molecule has 0 saturated carbocycles. The first kappa shape index (κ1) is 24.8. The van der Waals surface area contributed by atoms with Crippen LogP contribution in [0.25, 0.3) is 0 Å². The average molecular weight is 246 g/mol. The van der Waals surface area contributed by atoms with Gasteiger partial charge in [-0.05, 0) is 48.5 Å². The van der Waals surface area contributed by atoms with Crippen molar-refractivity contribution in [1.82, 2.24) is 0 Å². The Hall–Kier alpha value is -1.32. The predicted molar refractivity (Wildman–Crippen MR) is 70.0 cm³/mol. The van der Waals surface area contributed by atoms with E-state index in [1.807, 2.05) is 6.92 Å². The van der Waals surface area contributed by atoms with Gasteiger partial charge in [0.05, 0.1) is 0 Å². The van der Waals surface area contributed by atoms with E-state index in [-0.39, 0.29) is 23.1 Å². The van der Waals surface area contributed by atoms with Crippen LogP contribution in [0.3, 0.4) is 0 Å². The topological polar surface area (TPSA) is 68.3 Å². The molecule has 102 valence electrons. The van der Waals surface area contributed by atoms with Crippen LogP contribution in [0.1, 0.15) is 61.8 Å². The molecular formula is C13H26O4. The molecule has 0 aromatic rings. The lowest BCUT2D eigenvalue weighted by Crippen LogP contribution is -1.80. The maximum Gasteiger partial charge on any atom is 0.129 e. The van der Waals surface area contributed by atoms with Crippen LogP contribution in [0.4, 0.5) is 0 Å². The van der Waals surface area contributed by atoms with Crippen LogP contribution in [-0.4, -0.2) is 23.1 Å². The van der Waals surface area contributed by atoms with Gasteiger partial charge < -0.3 is 19.2 Å². The predicted octanol–water partition coefficient (Wildman–Crippen LogP) is 2.77. The summed E-state index contributed by atoms with van der Waals surface area (Å²) in [5.74, 6) is 0.755. The highest BCUT2D eigenvalue weighted by Crippen LogP contribution is 1.71. The zero-order valence-corrected chi connectivity index (χ0v) is 12.3. The fourth-order valence-electron chi connectivity index (χ4n) is 0. The van der Waals surface area contributed by atoms with E-state index >= 15 is 0 Å². The van der Waals surface area contributed by atoms with Crippen LogP contribution in [0, 0.1) is 0 Å². The summed E-state index contributed by atoms with van der Waals surface area (Å²) in [6.07, 6.45) is 0.667. The standard InChI is InChI=1S/C4H8O.3C3H6O/c1-3-4(2)5;3*1-3(2)4/h3H2,1-2H3;3*1-2H3. The Bertz CT molecular complexity index is 189. The van der Waals surface area contributed by atoms with Crippen molar-refractivity contribution in [3.63, 3.8) is 0 Å². The zero-order valence-electron chi connectivity index (χ0n) is 12.3. The van der Waals surface area contributed by atoms with Crippen LogP contribution in [-0.2, 0) is 19.2 Å². The molecule has 0 rings (SSSR count). The Labute approximate surface area is 105 Å². The second kappa shape index (κ2) is 20.1. The minimum atomic E-state index is 0.167. The third-order valence-electron chi connectivity index (χ3n) is 0.498. The molecule has 0 fully saturated rings. The van der Waals surface area contributed by atoms with Crippen molar-refractivity contribution in [1.29, 1.82) is 0 Å². The van der Waals surface area contributed by atoms with E-state index < -0.39 is 0 Å². The molecule has 0 bridgehead atoms. The normalized spacial score (nSPS) is 6.82. The summed E-state index contributed by atoms with van der Waals surface area (Å²) in [6, 6.07) is 0. The maximum absolute atomic E-state index is 9.81. The van der Waals surface area contributed by atoms with E-state index in [1.54, 1.807) is 6.92 Å². The SMILES string of the molecule is CC(C)=O.CC(C)=O.CC(C)=O.CCC(C)=O. The molecule has 0 radical (unpaired) electrons. The molecule has 0 aliphatic carbocycles. The second-order valence-corrected chi connectivity index (χ2v) is 3.78. The van der Waals surface area contributed by atoms with Crippen molar-refractivity contribution in [3.05, 3.63) is 0 Å². The molecule has 4 nitrogen and oxygen atoms in total. The van der Waals surface area contributed by atoms with Crippen LogP contribution >= 0.6 is 0 Å². The Morgan fingerprint density at radius 1 is 0.588 bits per heavy atom. The van der Waals surface area contributed by atoms with E-state index in [1.165, 1.54) is 41.5 Å². The number of ketones is 4. The van der Waals surface area contributed by atoms with E-state index in [0.717, 1.165) is 0 Å². The highest BCUT2D eigenvalue weighted by molar-refractivity contribution is 5.75. The van der Waals surface area contributed by atoms with Gasteiger partial charge in [0.2, 0.25) is 0 Å². The summed E-state index contributed by atoms with van der Waals surface area (Å²) in [7, 11) is 0. The lowest BCUT2D eigenvalue weighted by molar-refractivity contribution is -0.117. The Balaban J connectivity index is -0.0000000667. The average Bonchev–Trinajstić information content (AvgIpc) is 2.00. The van der Waals surface area contributed by atoms with E-state index in [2.05, 4.69) is 0 Å². The Morgan fingerprint density at radius 2 is 0.647 bits per heavy atom. The summed E-state index contributed by atoms with van der Waals surface area (Å²) in [5.41, 5.74) is 0. The first-order chi connectivity index (χ1) is 7.47. The first-order valence-corrected chi connectivity index (χ1v) is 5.38. The van der Waals surface area contributed by atoms with Crippen LogP contribution in [0.15, 0.2) is 0 Å². The second-order valence-electron chi connectivity index (χ2n) is 3.78. The summed E-state index contributed by atoms with van der Waals surface area (Å²) >= 11 is 0. The van der Waals surface area contributed by atoms with Crippen molar-refractivity contribution in [3.8, 4) is 0 Å². The van der Waals surface area contributed by atoms with Gasteiger partial charge in [0.15, 0.2) is 0 Å². The van der Waals surface area contributed by atoms with Gasteiger partial charge >= 0.3 is 0 Å². The fraction of sp³-hybridized carbons (Fsp3) is 0.692. The summed E-state index contributed by atoms with van der Waals surface area (Å²) in [4.78, 5) is 38.1. The lowest BCUT2D eigenvalue weighted by atomic mass is 10.4. The van der Waals surface area contributed by atoms with Crippen LogP contribution in [0.5, 0.6) is 0 Å². The third kappa shape index (κ3) is 5100. The molecule has 0 atom stereocenters. The molecule has 0 heterocycles. The molecular weight excluding hydrogens is 220 g/mol. The van der Waals surface area contributed by atoms with Crippen molar-refractivity contribution >= 4 is 23.1 Å². The monoisotopic (exact) mass is 246 g/mol. The zero-order chi connectivity index (χ0) is 15.0. The molecule has 0 amide bonds. The van der Waals surface area contributed by atoms with Gasteiger partial charge in [-0.2, -0.15) is 0 Å². The summed E-state index contributed by atoms with van der Waals surface area (Å²) < 4.78 is 0. The van der Waals surface area contributed by atoms with Gasteiger partial charge in [-0.15, -0.1) is 0 Å². The third-order valence-corrected chi connectivity index (χ3v) is 0.498. The molecule has 0 unspecified atom stereocenters. The summed E-state index contributed by atoms with van der Waals surface area (Å²) in [6.45, 7) is 12.6. The van der Waals surface area contributed by atoms with Crippen molar-refractivity contribution in [2.75, 3.05) is 0 Å². The molecule has 0 aliphatic heterocycles. The van der Waals surface area contributed by atoms with Gasteiger partial charge in [0, 0.05) is 6.42 Å². The maximum atomic E-state index is 9.81. The first-order valence-electron chi connectivity index (χ1n) is 5.38. The van der Waals surface area contributed by atoms with Gasteiger partial charge in [-0.25, -0.2) is 0 Å². The molecule has 4 heteroatoms. The smallest absolute Gasteiger partial charge is 0.129 e. The van der Waals surface area contributed by atoms with Crippen molar-refractivity contribution in [2.45, 2.75) is 61.8 Å². The molecule has 0 aromatic heterocycles. The fourth-order valence-corrected chi connectivity index (χ4v) is 0. The number of carbonyl (C=O) groups excluding carboxylic acids is 4. The number of hydrogen-bond acceptors (Lipinski definition) is 4. The molecule has 0 aromatic carbocycles. The quantitative estimate of drug-likeness (QED) is 0.713. The number of carbonyl (C=O) groups is 4. The van der Waals surface area contributed by atoms with Crippen LogP contribution < -0.4 is 0 Å². The van der Waals surface area contributed by atoms with Gasteiger partial charge in [0.1, 0.15) is 23.1 Å². The van der Waals surface area contributed by atoms with Crippen molar-refractivity contribution < 1.29 is 19.2 Å². The van der Waals surface area contributed by atoms with Gasteiger partial charge in [-0.3, -0.25) is 0 Å². The van der Waals surface area contributed by atoms with E-state index in [0.29, 0.717) is 6.42 Å². The van der Waals surface area contributed by atoms with E-state index in [9.17, 15) is 19.2 Å². The molecule has 0 saturated heterocycles. The Morgan fingerprint density at radius 3 is 0.647 bits per heavy atom. The summed E-state index contributed by atoms with van der Waals surface area (Å²) in [5, 5.41) is 0. The molecule has 0 spiro atoms. The molecule has 0 N–H and O–H groups in total. The molecule has 0 aliphatic rings. The molecule has 17 heavy (non-hydrogen) atoms. The van der Waals surface area contributed by atoms with Gasteiger partial charge in [0.25, 0.3) is 0 Å². The minimum Gasteiger partial charge on any atom is -0.300 e.